The molecule has 0 atom stereocenters. The summed E-state index contributed by atoms with van der Waals surface area (Å²) in [5.41, 5.74) is 8.35. The molecule has 1 aromatic carbocycles. The fourth-order valence-corrected chi connectivity index (χ4v) is 2.01. The van der Waals surface area contributed by atoms with Crippen LogP contribution in [0.25, 0.3) is 0 Å². The van der Waals surface area contributed by atoms with Gasteiger partial charge in [-0.15, -0.1) is 0 Å². The van der Waals surface area contributed by atoms with Crippen LogP contribution in [0.4, 0.5) is 0 Å². The summed E-state index contributed by atoms with van der Waals surface area (Å²) in [6.07, 6.45) is 2.03. The maximum absolute atomic E-state index is 12.2. The maximum atomic E-state index is 12.2. The van der Waals surface area contributed by atoms with Gasteiger partial charge in [0.25, 0.3) is 0 Å². The molecule has 0 spiro atoms. The minimum Gasteiger partial charge on any atom is -0.326 e. The summed E-state index contributed by atoms with van der Waals surface area (Å²) >= 11 is 0. The van der Waals surface area contributed by atoms with Crippen LogP contribution < -0.4 is 5.73 Å². The zero-order chi connectivity index (χ0) is 13.0. The van der Waals surface area contributed by atoms with E-state index in [1.807, 2.05) is 31.2 Å². The van der Waals surface area contributed by atoms with E-state index >= 15 is 0 Å². The molecule has 94 valence electrons. The van der Waals surface area contributed by atoms with Crippen molar-refractivity contribution in [2.45, 2.75) is 26.4 Å². The lowest BCUT2D eigenvalue weighted by Crippen LogP contribution is -2.13. The highest BCUT2D eigenvalue weighted by Crippen LogP contribution is 2.12. The number of rotatable bonds is 5. The predicted octanol–water partition coefficient (Wildman–Crippen LogP) is 1.79. The topological polar surface area (TPSA) is 60.9 Å². The number of carbonyl (C=O) groups is 1. The Hall–Kier alpha value is -1.94. The number of nitrogens with zero attached hydrogens (tertiary/aromatic N) is 2. The van der Waals surface area contributed by atoms with Crippen LogP contribution in [0.3, 0.4) is 0 Å². The highest BCUT2D eigenvalue weighted by Gasteiger charge is 2.13. The first-order valence-electron chi connectivity index (χ1n) is 6.08. The van der Waals surface area contributed by atoms with Gasteiger partial charge in [-0.2, -0.15) is 5.10 Å². The average molecular weight is 243 g/mol. The van der Waals surface area contributed by atoms with Crippen LogP contribution in [-0.4, -0.2) is 15.6 Å². The van der Waals surface area contributed by atoms with E-state index in [2.05, 4.69) is 5.10 Å². The molecule has 0 saturated carbocycles. The summed E-state index contributed by atoms with van der Waals surface area (Å²) in [6, 6.07) is 9.54. The third kappa shape index (κ3) is 2.49. The van der Waals surface area contributed by atoms with Crippen LogP contribution in [0.1, 0.15) is 28.5 Å². The number of aromatic nitrogens is 2. The summed E-state index contributed by atoms with van der Waals surface area (Å²) in [5, 5.41) is 4.11. The molecule has 18 heavy (non-hydrogen) atoms. The van der Waals surface area contributed by atoms with Gasteiger partial charge in [0, 0.05) is 25.7 Å². The smallest absolute Gasteiger partial charge is 0.185 e. The lowest BCUT2D eigenvalue weighted by Gasteiger charge is -2.07. The van der Waals surface area contributed by atoms with E-state index in [4.69, 9.17) is 5.73 Å². The number of nitrogens with two attached hydrogens (primary N) is 1. The molecule has 0 bridgehead atoms. The molecule has 0 amide bonds. The largest absolute Gasteiger partial charge is 0.326 e. The van der Waals surface area contributed by atoms with E-state index in [1.54, 1.807) is 16.9 Å². The van der Waals surface area contributed by atoms with Crippen molar-refractivity contribution in [2.75, 3.05) is 0 Å². The molecule has 0 fully saturated rings. The van der Waals surface area contributed by atoms with Crippen LogP contribution in [-0.2, 0) is 19.5 Å². The summed E-state index contributed by atoms with van der Waals surface area (Å²) in [6.45, 7) is 3.13. The number of Topliss-reactive ketones (excluding diaryl/α,β-unsaturated/α-hetero) is 1. The number of ketones is 1. The first-order chi connectivity index (χ1) is 8.76. The molecule has 0 saturated heterocycles. The first kappa shape index (κ1) is 12.5. The Morgan fingerprint density at radius 3 is 2.67 bits per heavy atom. The zero-order valence-electron chi connectivity index (χ0n) is 10.5. The lowest BCUT2D eigenvalue weighted by molar-refractivity contribution is 0.0982. The molecule has 1 heterocycles. The Labute approximate surface area is 106 Å². The van der Waals surface area contributed by atoms with Crippen molar-refractivity contribution < 1.29 is 4.79 Å². The third-order valence-electron chi connectivity index (χ3n) is 2.99. The quantitative estimate of drug-likeness (QED) is 0.814. The van der Waals surface area contributed by atoms with Crippen molar-refractivity contribution in [1.82, 2.24) is 9.78 Å². The maximum Gasteiger partial charge on any atom is 0.185 e. The van der Waals surface area contributed by atoms with Crippen molar-refractivity contribution in [3.8, 4) is 0 Å². The van der Waals surface area contributed by atoms with Crippen molar-refractivity contribution in [3.05, 3.63) is 53.3 Å². The number of benzene rings is 1. The standard InChI is InChI=1S/C14H17N3O/c1-2-17-13(7-8-16-17)14(18)9-11-5-3-4-6-12(11)10-15/h3-8H,2,9-10,15H2,1H3. The molecule has 4 nitrogen and oxygen atoms in total. The van der Waals surface area contributed by atoms with Gasteiger partial charge in [0.2, 0.25) is 0 Å². The van der Waals surface area contributed by atoms with Gasteiger partial charge in [-0.25, -0.2) is 0 Å². The van der Waals surface area contributed by atoms with Gasteiger partial charge in [0.05, 0.1) is 0 Å². The summed E-state index contributed by atoms with van der Waals surface area (Å²) in [4.78, 5) is 12.2. The molecule has 2 aromatic rings. The monoisotopic (exact) mass is 243 g/mol. The number of aryl methyl sites for hydroxylation is 1. The molecule has 0 unspecified atom stereocenters. The van der Waals surface area contributed by atoms with Gasteiger partial charge in [-0.3, -0.25) is 9.48 Å². The first-order valence-corrected chi connectivity index (χ1v) is 6.08. The number of hydrogen-bond acceptors (Lipinski definition) is 3. The predicted molar refractivity (Wildman–Crippen MR) is 70.3 cm³/mol. The molecule has 0 aliphatic carbocycles. The van der Waals surface area contributed by atoms with E-state index in [9.17, 15) is 4.79 Å². The van der Waals surface area contributed by atoms with Gasteiger partial charge in [0.1, 0.15) is 5.69 Å². The summed E-state index contributed by atoms with van der Waals surface area (Å²) in [7, 11) is 0. The van der Waals surface area contributed by atoms with Crippen molar-refractivity contribution in [2.24, 2.45) is 5.73 Å². The minimum absolute atomic E-state index is 0.0789. The molecule has 0 aliphatic rings. The van der Waals surface area contributed by atoms with Crippen LogP contribution >= 0.6 is 0 Å². The zero-order valence-corrected chi connectivity index (χ0v) is 10.5. The van der Waals surface area contributed by atoms with Crippen molar-refractivity contribution in [1.29, 1.82) is 0 Å². The molecule has 0 aliphatic heterocycles. The van der Waals surface area contributed by atoms with Crippen LogP contribution in [0.5, 0.6) is 0 Å². The minimum atomic E-state index is 0.0789. The summed E-state index contributed by atoms with van der Waals surface area (Å²) in [5.74, 6) is 0.0789. The van der Waals surface area contributed by atoms with E-state index in [0.29, 0.717) is 25.2 Å². The Morgan fingerprint density at radius 2 is 2.00 bits per heavy atom. The average Bonchev–Trinajstić information content (AvgIpc) is 2.87. The van der Waals surface area contributed by atoms with Gasteiger partial charge in [-0.05, 0) is 24.1 Å². The van der Waals surface area contributed by atoms with Gasteiger partial charge in [0.15, 0.2) is 5.78 Å². The van der Waals surface area contributed by atoms with Crippen molar-refractivity contribution >= 4 is 5.78 Å². The van der Waals surface area contributed by atoms with E-state index in [-0.39, 0.29) is 5.78 Å². The molecular formula is C14H17N3O. The van der Waals surface area contributed by atoms with Crippen LogP contribution in [0, 0.1) is 0 Å². The van der Waals surface area contributed by atoms with E-state index < -0.39 is 0 Å². The van der Waals surface area contributed by atoms with E-state index in [0.717, 1.165) is 11.1 Å². The molecule has 2 rings (SSSR count). The fraction of sp³-hybridized carbons (Fsp3) is 0.286. The Balaban J connectivity index is 2.21. The van der Waals surface area contributed by atoms with Gasteiger partial charge >= 0.3 is 0 Å². The van der Waals surface area contributed by atoms with Crippen molar-refractivity contribution in [3.63, 3.8) is 0 Å². The number of hydrogen-bond donors (Lipinski definition) is 1. The molecule has 1 aromatic heterocycles. The Bertz CT molecular complexity index is 545. The Kier molecular flexibility index (Phi) is 3.89. The van der Waals surface area contributed by atoms with Crippen LogP contribution in [0.15, 0.2) is 36.5 Å². The molecule has 4 heteroatoms. The molecule has 2 N–H and O–H groups in total. The SMILES string of the molecule is CCn1nccc1C(=O)Cc1ccccc1CN. The van der Waals surface area contributed by atoms with E-state index in [1.165, 1.54) is 0 Å². The normalized spacial score (nSPS) is 10.6. The van der Waals surface area contributed by atoms with Crippen LogP contribution in [0.2, 0.25) is 0 Å². The highest BCUT2D eigenvalue weighted by molar-refractivity contribution is 5.96. The second-order valence-corrected chi connectivity index (χ2v) is 4.10. The Morgan fingerprint density at radius 1 is 1.28 bits per heavy atom. The molecular weight excluding hydrogens is 226 g/mol. The van der Waals surface area contributed by atoms with Gasteiger partial charge in [-0.1, -0.05) is 24.3 Å². The second-order valence-electron chi connectivity index (χ2n) is 4.10. The number of carbonyl (C=O) groups excluding carboxylic acids is 1. The highest BCUT2D eigenvalue weighted by atomic mass is 16.1. The third-order valence-corrected chi connectivity index (χ3v) is 2.99. The van der Waals surface area contributed by atoms with Gasteiger partial charge < -0.3 is 5.73 Å². The molecule has 0 radical (unpaired) electrons. The summed E-state index contributed by atoms with van der Waals surface area (Å²) < 4.78 is 1.72. The second kappa shape index (κ2) is 5.60. The fourth-order valence-electron chi connectivity index (χ4n) is 2.01. The lowest BCUT2D eigenvalue weighted by atomic mass is 10.0.